The molecule has 1 saturated heterocycles. The minimum absolute atomic E-state index is 0.0793. The van der Waals surface area contributed by atoms with E-state index in [-0.39, 0.29) is 27.7 Å². The van der Waals surface area contributed by atoms with E-state index in [0.717, 1.165) is 5.56 Å². The molecule has 1 unspecified atom stereocenters. The van der Waals surface area contributed by atoms with Crippen molar-refractivity contribution in [3.8, 4) is 17.2 Å². The summed E-state index contributed by atoms with van der Waals surface area (Å²) in [7, 11) is 4.40. The molecule has 1 fully saturated rings. The Morgan fingerprint density at radius 1 is 0.914 bits per heavy atom. The number of nitrogens with zero attached hydrogens (tertiary/aromatic N) is 1. The van der Waals surface area contributed by atoms with Gasteiger partial charge in [-0.15, -0.1) is 0 Å². The Balaban J connectivity index is 1.99. The molecule has 4 rings (SSSR count). The lowest BCUT2D eigenvalue weighted by atomic mass is 9.94. The third-order valence-electron chi connectivity index (χ3n) is 5.88. The number of methoxy groups -OCH3 is 3. The predicted molar refractivity (Wildman–Crippen MR) is 134 cm³/mol. The maximum absolute atomic E-state index is 13.4. The fourth-order valence-electron chi connectivity index (χ4n) is 4.17. The lowest BCUT2D eigenvalue weighted by molar-refractivity contribution is -0.132. The number of benzene rings is 3. The number of ether oxygens (including phenoxy) is 3. The first-order chi connectivity index (χ1) is 16.8. The second kappa shape index (κ2) is 9.72. The number of halogens is 1. The summed E-state index contributed by atoms with van der Waals surface area (Å²) in [6.45, 7) is 1.90. The highest BCUT2D eigenvalue weighted by atomic mass is 35.5. The van der Waals surface area contributed by atoms with Gasteiger partial charge in [-0.2, -0.15) is 0 Å². The first-order valence-corrected chi connectivity index (χ1v) is 11.1. The predicted octanol–water partition coefficient (Wildman–Crippen LogP) is 5.30. The van der Waals surface area contributed by atoms with Gasteiger partial charge in [-0.1, -0.05) is 35.9 Å². The monoisotopic (exact) mass is 493 g/mol. The highest BCUT2D eigenvalue weighted by Gasteiger charge is 2.47. The molecule has 1 N–H and O–H groups in total. The van der Waals surface area contributed by atoms with Gasteiger partial charge in [-0.3, -0.25) is 14.5 Å². The number of carbonyl (C=O) groups is 2. The summed E-state index contributed by atoms with van der Waals surface area (Å²) in [4.78, 5) is 28.1. The van der Waals surface area contributed by atoms with Gasteiger partial charge in [-0.25, -0.2) is 0 Å². The van der Waals surface area contributed by atoms with Crippen LogP contribution in [0.15, 0.2) is 66.2 Å². The van der Waals surface area contributed by atoms with E-state index < -0.39 is 23.5 Å². The molecule has 180 valence electrons. The van der Waals surface area contributed by atoms with Crippen molar-refractivity contribution < 1.29 is 28.9 Å². The Bertz CT molecular complexity index is 1330. The lowest BCUT2D eigenvalue weighted by Crippen LogP contribution is -2.29. The van der Waals surface area contributed by atoms with Crippen molar-refractivity contribution in [3.63, 3.8) is 0 Å². The molecule has 1 amide bonds. The van der Waals surface area contributed by atoms with Crippen LogP contribution in [-0.2, 0) is 9.59 Å². The summed E-state index contributed by atoms with van der Waals surface area (Å²) in [6.07, 6.45) is 0. The number of amides is 1. The Morgan fingerprint density at radius 2 is 1.60 bits per heavy atom. The van der Waals surface area contributed by atoms with Crippen LogP contribution < -0.4 is 19.1 Å². The molecule has 1 aliphatic rings. The number of aliphatic hydroxyl groups excluding tert-OH is 1. The number of hydrogen-bond acceptors (Lipinski definition) is 6. The van der Waals surface area contributed by atoms with Crippen molar-refractivity contribution in [1.29, 1.82) is 0 Å². The highest BCUT2D eigenvalue weighted by molar-refractivity contribution is 6.51. The van der Waals surface area contributed by atoms with Crippen molar-refractivity contribution in [1.82, 2.24) is 0 Å². The molecule has 0 spiro atoms. The lowest BCUT2D eigenvalue weighted by Gasteiger charge is -2.26. The van der Waals surface area contributed by atoms with Crippen LogP contribution in [0, 0.1) is 6.92 Å². The summed E-state index contributed by atoms with van der Waals surface area (Å²) >= 11 is 6.22. The molecule has 0 bridgehead atoms. The number of Topliss-reactive ketones (excluding diaryl/α,β-unsaturated/α-hetero) is 1. The zero-order valence-electron chi connectivity index (χ0n) is 19.7. The Hall–Kier alpha value is -3.97. The molecule has 0 aliphatic carbocycles. The Kier molecular flexibility index (Phi) is 6.71. The van der Waals surface area contributed by atoms with Crippen molar-refractivity contribution >= 4 is 34.7 Å². The van der Waals surface area contributed by atoms with Crippen LogP contribution in [0.5, 0.6) is 17.2 Å². The summed E-state index contributed by atoms with van der Waals surface area (Å²) in [5, 5.41) is 11.7. The smallest absolute Gasteiger partial charge is 0.300 e. The maximum atomic E-state index is 13.4. The molecule has 35 heavy (non-hydrogen) atoms. The number of hydrogen-bond donors (Lipinski definition) is 1. The third-order valence-corrected chi connectivity index (χ3v) is 6.18. The van der Waals surface area contributed by atoms with E-state index in [1.54, 1.807) is 37.4 Å². The number of anilines is 1. The molecule has 1 heterocycles. The van der Waals surface area contributed by atoms with Gasteiger partial charge in [0.05, 0.1) is 43.5 Å². The van der Waals surface area contributed by atoms with Gasteiger partial charge in [0.25, 0.3) is 11.7 Å². The standard InChI is InChI=1S/C27H24ClNO6/c1-15-6-5-7-17(12-15)29-24(16-8-10-18(33-2)11-9-16)23(26(31)27(29)32)25(30)19-13-22(35-4)20(28)14-21(19)34-3/h5-14,24,30H,1-4H3/b25-23+. The quantitative estimate of drug-likeness (QED) is 0.285. The molecule has 1 atom stereocenters. The van der Waals surface area contributed by atoms with E-state index in [9.17, 15) is 14.7 Å². The molecule has 0 saturated carbocycles. The molecular formula is C27H24ClNO6. The number of rotatable bonds is 6. The van der Waals surface area contributed by atoms with Crippen LogP contribution in [0.25, 0.3) is 5.76 Å². The molecule has 3 aromatic carbocycles. The van der Waals surface area contributed by atoms with Crippen molar-refractivity contribution in [2.75, 3.05) is 26.2 Å². The van der Waals surface area contributed by atoms with Gasteiger partial charge in [0.15, 0.2) is 0 Å². The first-order valence-electron chi connectivity index (χ1n) is 10.7. The van der Waals surface area contributed by atoms with E-state index in [0.29, 0.717) is 17.0 Å². The number of ketones is 1. The second-order valence-electron chi connectivity index (χ2n) is 7.97. The molecule has 3 aromatic rings. The van der Waals surface area contributed by atoms with Crippen LogP contribution in [0.2, 0.25) is 5.02 Å². The Labute approximate surface area is 208 Å². The van der Waals surface area contributed by atoms with E-state index in [4.69, 9.17) is 25.8 Å². The van der Waals surface area contributed by atoms with E-state index in [2.05, 4.69) is 0 Å². The van der Waals surface area contributed by atoms with Gasteiger partial charge in [0.2, 0.25) is 0 Å². The van der Waals surface area contributed by atoms with Crippen LogP contribution >= 0.6 is 11.6 Å². The van der Waals surface area contributed by atoms with Gasteiger partial charge >= 0.3 is 0 Å². The van der Waals surface area contributed by atoms with Crippen LogP contribution in [-0.4, -0.2) is 38.1 Å². The summed E-state index contributed by atoms with van der Waals surface area (Å²) in [6, 6.07) is 16.3. The molecule has 0 aromatic heterocycles. The molecular weight excluding hydrogens is 470 g/mol. The second-order valence-corrected chi connectivity index (χ2v) is 8.38. The van der Waals surface area contributed by atoms with Gasteiger partial charge in [-0.05, 0) is 48.4 Å². The fourth-order valence-corrected chi connectivity index (χ4v) is 4.40. The number of aliphatic hydroxyl groups is 1. The summed E-state index contributed by atoms with van der Waals surface area (Å²) < 4.78 is 16.0. The zero-order chi connectivity index (χ0) is 25.3. The van der Waals surface area contributed by atoms with Crippen molar-refractivity contribution in [2.45, 2.75) is 13.0 Å². The van der Waals surface area contributed by atoms with Gasteiger partial charge in [0, 0.05) is 11.8 Å². The largest absolute Gasteiger partial charge is 0.507 e. The minimum Gasteiger partial charge on any atom is -0.507 e. The highest BCUT2D eigenvalue weighted by Crippen LogP contribution is 2.45. The third kappa shape index (κ3) is 4.31. The van der Waals surface area contributed by atoms with Gasteiger partial charge in [0.1, 0.15) is 23.0 Å². The van der Waals surface area contributed by atoms with E-state index in [1.165, 1.54) is 31.3 Å². The molecule has 1 aliphatic heterocycles. The summed E-state index contributed by atoms with van der Waals surface area (Å²) in [5.74, 6) is -0.846. The van der Waals surface area contributed by atoms with Crippen molar-refractivity contribution in [2.24, 2.45) is 0 Å². The SMILES string of the molecule is COc1ccc(C2/C(=C(\O)c3cc(OC)c(Cl)cc3OC)C(=O)C(=O)N2c2cccc(C)c2)cc1. The number of carbonyl (C=O) groups excluding carboxylic acids is 2. The van der Waals surface area contributed by atoms with Crippen molar-refractivity contribution in [3.05, 3.63) is 87.9 Å². The maximum Gasteiger partial charge on any atom is 0.300 e. The van der Waals surface area contributed by atoms with E-state index in [1.807, 2.05) is 25.1 Å². The Morgan fingerprint density at radius 3 is 2.20 bits per heavy atom. The molecule has 8 heteroatoms. The average molecular weight is 494 g/mol. The zero-order valence-corrected chi connectivity index (χ0v) is 20.4. The minimum atomic E-state index is -0.894. The fraction of sp³-hybridized carbons (Fsp3) is 0.185. The topological polar surface area (TPSA) is 85.3 Å². The molecule has 7 nitrogen and oxygen atoms in total. The average Bonchev–Trinajstić information content (AvgIpc) is 3.13. The van der Waals surface area contributed by atoms with Crippen LogP contribution in [0.3, 0.4) is 0 Å². The van der Waals surface area contributed by atoms with Crippen LogP contribution in [0.1, 0.15) is 22.7 Å². The normalized spacial score (nSPS) is 16.9. The van der Waals surface area contributed by atoms with Crippen LogP contribution in [0.4, 0.5) is 5.69 Å². The van der Waals surface area contributed by atoms with Gasteiger partial charge < -0.3 is 19.3 Å². The summed E-state index contributed by atoms with van der Waals surface area (Å²) in [5.41, 5.74) is 2.17. The molecule has 0 radical (unpaired) electrons. The van der Waals surface area contributed by atoms with E-state index >= 15 is 0 Å². The first kappa shape index (κ1) is 24.2. The number of aryl methyl sites for hydroxylation is 1.